The number of rotatable bonds is 3. The van der Waals surface area contributed by atoms with E-state index in [1.165, 1.54) is 47.0 Å². The molecule has 1 heterocycles. The van der Waals surface area contributed by atoms with Crippen LogP contribution in [0.2, 0.25) is 0 Å². The van der Waals surface area contributed by atoms with Crippen LogP contribution in [0.1, 0.15) is 21.5 Å². The van der Waals surface area contributed by atoms with Crippen LogP contribution in [0.15, 0.2) is 53.5 Å². The summed E-state index contributed by atoms with van der Waals surface area (Å²) in [5.74, 6) is -0.637. The zero-order valence-electron chi connectivity index (χ0n) is 13.5. The highest BCUT2D eigenvalue weighted by Crippen LogP contribution is 2.33. The molecule has 1 amide bonds. The lowest BCUT2D eigenvalue weighted by Crippen LogP contribution is -2.34. The normalized spacial score (nSPS) is 14.5. The molecule has 8 heteroatoms. The number of amidine groups is 1. The van der Waals surface area contributed by atoms with Gasteiger partial charge in [-0.1, -0.05) is 36.0 Å². The molecule has 3 nitrogen and oxygen atoms in total. The van der Waals surface area contributed by atoms with Gasteiger partial charge in [0, 0.05) is 12.3 Å². The molecule has 0 fully saturated rings. The predicted octanol–water partition coefficient (Wildman–Crippen LogP) is 4.59. The minimum atomic E-state index is -4.61. The SMILES string of the molecule is O=C(c1ccccc1C(F)(F)F)N1CCN=C1SCc1ccc(F)cc1. The van der Waals surface area contributed by atoms with Gasteiger partial charge in [-0.15, -0.1) is 0 Å². The fourth-order valence-corrected chi connectivity index (χ4v) is 3.53. The molecule has 0 bridgehead atoms. The Labute approximate surface area is 151 Å². The highest BCUT2D eigenvalue weighted by atomic mass is 32.2. The van der Waals surface area contributed by atoms with Crippen LogP contribution in [0.25, 0.3) is 0 Å². The molecular formula is C18H14F4N2OS. The fraction of sp³-hybridized carbons (Fsp3) is 0.222. The lowest BCUT2D eigenvalue weighted by molar-refractivity contribution is -0.138. The third kappa shape index (κ3) is 4.07. The summed E-state index contributed by atoms with van der Waals surface area (Å²) in [6, 6.07) is 10.6. The monoisotopic (exact) mass is 382 g/mol. The molecule has 0 aliphatic carbocycles. The second-order valence-electron chi connectivity index (χ2n) is 5.58. The molecule has 2 aromatic rings. The Morgan fingerprint density at radius 2 is 1.81 bits per heavy atom. The number of halogens is 4. The molecule has 26 heavy (non-hydrogen) atoms. The number of alkyl halides is 3. The average Bonchev–Trinajstić information content (AvgIpc) is 3.08. The standard InChI is InChI=1S/C18H14F4N2OS/c19-13-7-5-12(6-8-13)11-26-17-23-9-10-24(17)16(25)14-3-1-2-4-15(14)18(20,21)22/h1-8H,9-11H2. The van der Waals surface area contributed by atoms with E-state index in [4.69, 9.17) is 0 Å². The van der Waals surface area contributed by atoms with E-state index < -0.39 is 23.2 Å². The number of thioether (sulfide) groups is 1. The summed E-state index contributed by atoms with van der Waals surface area (Å²) in [6.07, 6.45) is -4.61. The molecule has 2 aromatic carbocycles. The van der Waals surface area contributed by atoms with E-state index in [9.17, 15) is 22.4 Å². The fourth-order valence-electron chi connectivity index (χ4n) is 2.53. The number of nitrogens with zero attached hydrogens (tertiary/aromatic N) is 2. The summed E-state index contributed by atoms with van der Waals surface area (Å²) in [6.45, 7) is 0.572. The Morgan fingerprint density at radius 1 is 1.12 bits per heavy atom. The third-order valence-corrected chi connectivity index (χ3v) is 4.88. The van der Waals surface area contributed by atoms with Gasteiger partial charge >= 0.3 is 6.18 Å². The first-order chi connectivity index (χ1) is 12.4. The Balaban J connectivity index is 1.76. The zero-order chi connectivity index (χ0) is 18.7. The van der Waals surface area contributed by atoms with Crippen molar-refractivity contribution in [2.24, 2.45) is 4.99 Å². The first-order valence-electron chi connectivity index (χ1n) is 7.76. The molecule has 0 spiro atoms. The Hall–Kier alpha value is -2.35. The summed E-state index contributed by atoms with van der Waals surface area (Å²) < 4.78 is 52.4. The van der Waals surface area contributed by atoms with Crippen molar-refractivity contribution in [3.05, 3.63) is 71.0 Å². The summed E-state index contributed by atoms with van der Waals surface area (Å²) in [7, 11) is 0. The van der Waals surface area contributed by atoms with E-state index in [1.54, 1.807) is 12.1 Å². The number of carbonyl (C=O) groups excluding carboxylic acids is 1. The lowest BCUT2D eigenvalue weighted by Gasteiger charge is -2.20. The van der Waals surface area contributed by atoms with Crippen LogP contribution in [-0.4, -0.2) is 29.1 Å². The molecule has 3 rings (SSSR count). The van der Waals surface area contributed by atoms with Gasteiger partial charge in [-0.2, -0.15) is 13.2 Å². The molecule has 136 valence electrons. The van der Waals surface area contributed by atoms with Gasteiger partial charge in [-0.25, -0.2) is 4.39 Å². The van der Waals surface area contributed by atoms with Crippen LogP contribution in [0, 0.1) is 5.82 Å². The van der Waals surface area contributed by atoms with Crippen LogP contribution in [-0.2, 0) is 11.9 Å². The molecule has 0 radical (unpaired) electrons. The van der Waals surface area contributed by atoms with Crippen molar-refractivity contribution in [3.63, 3.8) is 0 Å². The molecular weight excluding hydrogens is 368 g/mol. The Morgan fingerprint density at radius 3 is 2.50 bits per heavy atom. The molecule has 1 aliphatic rings. The number of benzene rings is 2. The molecule has 0 saturated carbocycles. The van der Waals surface area contributed by atoms with Gasteiger partial charge < -0.3 is 0 Å². The number of aliphatic imine (C=N–C) groups is 1. The summed E-state index contributed by atoms with van der Waals surface area (Å²) >= 11 is 1.24. The summed E-state index contributed by atoms with van der Waals surface area (Å²) in [4.78, 5) is 18.1. The molecule has 1 aliphatic heterocycles. The number of carbonyl (C=O) groups is 1. The second kappa shape index (κ2) is 7.49. The molecule has 0 aromatic heterocycles. The third-order valence-electron chi connectivity index (χ3n) is 3.79. The highest BCUT2D eigenvalue weighted by molar-refractivity contribution is 8.13. The molecule has 0 N–H and O–H groups in total. The van der Waals surface area contributed by atoms with Gasteiger partial charge in [-0.3, -0.25) is 14.7 Å². The van der Waals surface area contributed by atoms with Gasteiger partial charge in [-0.05, 0) is 29.8 Å². The lowest BCUT2D eigenvalue weighted by atomic mass is 10.1. The second-order valence-corrected chi connectivity index (χ2v) is 6.52. The van der Waals surface area contributed by atoms with Crippen LogP contribution in [0.4, 0.5) is 17.6 Å². The van der Waals surface area contributed by atoms with Crippen molar-refractivity contribution < 1.29 is 22.4 Å². The Bertz CT molecular complexity index is 834. The first-order valence-corrected chi connectivity index (χ1v) is 8.74. The average molecular weight is 382 g/mol. The van der Waals surface area contributed by atoms with E-state index in [2.05, 4.69) is 4.99 Å². The van der Waals surface area contributed by atoms with Crippen molar-refractivity contribution in [1.29, 1.82) is 0 Å². The van der Waals surface area contributed by atoms with E-state index >= 15 is 0 Å². The van der Waals surface area contributed by atoms with Gasteiger partial charge in [0.25, 0.3) is 5.91 Å². The maximum absolute atomic E-state index is 13.2. The first kappa shape index (κ1) is 18.4. The van der Waals surface area contributed by atoms with Gasteiger partial charge in [0.2, 0.25) is 0 Å². The maximum Gasteiger partial charge on any atom is 0.417 e. The van der Waals surface area contributed by atoms with Crippen LogP contribution in [0.5, 0.6) is 0 Å². The molecule has 0 saturated heterocycles. The van der Waals surface area contributed by atoms with Crippen molar-refractivity contribution >= 4 is 22.8 Å². The highest BCUT2D eigenvalue weighted by Gasteiger charge is 2.37. The minimum Gasteiger partial charge on any atom is -0.286 e. The van der Waals surface area contributed by atoms with Crippen molar-refractivity contribution in [2.45, 2.75) is 11.9 Å². The van der Waals surface area contributed by atoms with Crippen molar-refractivity contribution in [3.8, 4) is 0 Å². The van der Waals surface area contributed by atoms with Gasteiger partial charge in [0.05, 0.1) is 17.7 Å². The van der Waals surface area contributed by atoms with Crippen molar-refractivity contribution in [2.75, 3.05) is 13.1 Å². The molecule has 0 unspecified atom stereocenters. The minimum absolute atomic E-state index is 0.233. The van der Waals surface area contributed by atoms with E-state index in [1.807, 2.05) is 0 Å². The van der Waals surface area contributed by atoms with E-state index in [0.29, 0.717) is 17.5 Å². The molecule has 0 atom stereocenters. The predicted molar refractivity (Wildman–Crippen MR) is 92.5 cm³/mol. The Kier molecular flexibility index (Phi) is 5.31. The maximum atomic E-state index is 13.2. The number of amides is 1. The zero-order valence-corrected chi connectivity index (χ0v) is 14.3. The van der Waals surface area contributed by atoms with Crippen LogP contribution < -0.4 is 0 Å². The quantitative estimate of drug-likeness (QED) is 0.728. The van der Waals surface area contributed by atoms with Gasteiger partial charge in [0.15, 0.2) is 5.17 Å². The van der Waals surface area contributed by atoms with Crippen molar-refractivity contribution in [1.82, 2.24) is 4.90 Å². The number of hydrogen-bond donors (Lipinski definition) is 0. The largest absolute Gasteiger partial charge is 0.417 e. The van der Waals surface area contributed by atoms with Gasteiger partial charge in [0.1, 0.15) is 5.82 Å². The topological polar surface area (TPSA) is 32.7 Å². The van der Waals surface area contributed by atoms with E-state index in [-0.39, 0.29) is 12.4 Å². The smallest absolute Gasteiger partial charge is 0.286 e. The van der Waals surface area contributed by atoms with E-state index in [0.717, 1.165) is 11.6 Å². The van der Waals surface area contributed by atoms with Crippen LogP contribution >= 0.6 is 11.8 Å². The van der Waals surface area contributed by atoms with Crippen LogP contribution in [0.3, 0.4) is 0 Å². The summed E-state index contributed by atoms with van der Waals surface area (Å²) in [5, 5.41) is 0.372. The number of hydrogen-bond acceptors (Lipinski definition) is 3. The summed E-state index contributed by atoms with van der Waals surface area (Å²) in [5.41, 5.74) is -0.522.